The third kappa shape index (κ3) is 3.75. The minimum atomic E-state index is -0.429. The van der Waals surface area contributed by atoms with Crippen LogP contribution in [0.1, 0.15) is 49.9 Å². The number of Topliss-reactive ketones (excluding diaryl/α,β-unsaturated/α-hetero) is 1. The van der Waals surface area contributed by atoms with Crippen molar-refractivity contribution in [3.05, 3.63) is 29.6 Å². The van der Waals surface area contributed by atoms with Crippen molar-refractivity contribution < 1.29 is 14.0 Å². The van der Waals surface area contributed by atoms with Crippen LogP contribution in [0.25, 0.3) is 0 Å². The van der Waals surface area contributed by atoms with Gasteiger partial charge in [-0.2, -0.15) is 0 Å². The van der Waals surface area contributed by atoms with Crippen molar-refractivity contribution in [2.45, 2.75) is 45.1 Å². The van der Waals surface area contributed by atoms with Crippen LogP contribution in [0, 0.1) is 11.7 Å². The molecule has 0 bridgehead atoms. The van der Waals surface area contributed by atoms with Gasteiger partial charge >= 0.3 is 0 Å². The number of hydrogen-bond donors (Lipinski definition) is 1. The Bertz CT molecular complexity index is 696. The molecule has 2 atom stereocenters. The number of anilines is 1. The minimum absolute atomic E-state index is 0.116. The van der Waals surface area contributed by atoms with Crippen molar-refractivity contribution in [2.24, 2.45) is 11.7 Å². The molecule has 142 valence electrons. The highest BCUT2D eigenvalue weighted by molar-refractivity contribution is 5.94. The topological polar surface area (TPSA) is 66.6 Å². The molecular formula is C20H28FN3O2. The first-order chi connectivity index (χ1) is 12.3. The monoisotopic (exact) mass is 361 g/mol. The summed E-state index contributed by atoms with van der Waals surface area (Å²) in [6, 6.07) is 4.60. The largest absolute Gasteiger partial charge is 0.366 e. The summed E-state index contributed by atoms with van der Waals surface area (Å²) in [4.78, 5) is 28.1. The molecule has 1 saturated heterocycles. The number of rotatable bonds is 3. The Morgan fingerprint density at radius 2 is 1.88 bits per heavy atom. The third-order valence-corrected chi connectivity index (χ3v) is 5.84. The van der Waals surface area contributed by atoms with Crippen LogP contribution in [0.4, 0.5) is 10.1 Å². The number of piperazine rings is 1. The van der Waals surface area contributed by atoms with Crippen molar-refractivity contribution in [3.63, 3.8) is 0 Å². The Balaban J connectivity index is 1.64. The summed E-state index contributed by atoms with van der Waals surface area (Å²) < 4.78 is 14.4. The summed E-state index contributed by atoms with van der Waals surface area (Å²) in [5.74, 6) is -0.515. The number of nitrogens with zero attached hydrogens (tertiary/aromatic N) is 2. The molecule has 2 aliphatic rings. The van der Waals surface area contributed by atoms with E-state index in [9.17, 15) is 14.0 Å². The lowest BCUT2D eigenvalue weighted by atomic mass is 9.74. The van der Waals surface area contributed by atoms with Gasteiger partial charge in [0, 0.05) is 37.3 Å². The van der Waals surface area contributed by atoms with Gasteiger partial charge in [0.05, 0.1) is 11.6 Å². The quantitative estimate of drug-likeness (QED) is 0.841. The summed E-state index contributed by atoms with van der Waals surface area (Å²) >= 11 is 0. The Morgan fingerprint density at radius 3 is 2.46 bits per heavy atom. The van der Waals surface area contributed by atoms with E-state index in [1.54, 1.807) is 12.1 Å². The second kappa shape index (κ2) is 7.35. The molecule has 0 radical (unpaired) electrons. The predicted molar refractivity (Wildman–Crippen MR) is 99.7 cm³/mol. The lowest BCUT2D eigenvalue weighted by molar-refractivity contribution is -0.139. The Morgan fingerprint density at radius 1 is 1.19 bits per heavy atom. The van der Waals surface area contributed by atoms with E-state index in [0.717, 1.165) is 25.7 Å². The van der Waals surface area contributed by atoms with Gasteiger partial charge in [0.25, 0.3) is 0 Å². The van der Waals surface area contributed by atoms with Crippen molar-refractivity contribution in [1.82, 2.24) is 4.90 Å². The fraction of sp³-hybridized carbons (Fsp3) is 0.600. The Hall–Kier alpha value is -1.95. The molecule has 1 saturated carbocycles. The van der Waals surface area contributed by atoms with Gasteiger partial charge in [-0.1, -0.05) is 12.8 Å². The zero-order valence-corrected chi connectivity index (χ0v) is 15.6. The molecule has 2 fully saturated rings. The molecule has 1 heterocycles. The van der Waals surface area contributed by atoms with Crippen molar-refractivity contribution in [1.29, 1.82) is 0 Å². The smallest absolute Gasteiger partial charge is 0.227 e. The summed E-state index contributed by atoms with van der Waals surface area (Å²) in [5.41, 5.74) is 6.81. The molecule has 1 aliphatic heterocycles. The third-order valence-electron chi connectivity index (χ3n) is 5.84. The molecule has 1 amide bonds. The predicted octanol–water partition coefficient (Wildman–Crippen LogP) is 2.58. The Labute approximate surface area is 154 Å². The number of halogens is 1. The maximum absolute atomic E-state index is 14.4. The minimum Gasteiger partial charge on any atom is -0.366 e. The first-order valence-corrected chi connectivity index (χ1v) is 9.43. The van der Waals surface area contributed by atoms with Crippen molar-refractivity contribution in [3.8, 4) is 0 Å². The second-order valence-corrected chi connectivity index (χ2v) is 7.84. The molecule has 2 unspecified atom stereocenters. The van der Waals surface area contributed by atoms with E-state index >= 15 is 0 Å². The number of carbonyl (C=O) groups is 2. The van der Waals surface area contributed by atoms with E-state index in [2.05, 4.69) is 0 Å². The van der Waals surface area contributed by atoms with Crippen LogP contribution < -0.4 is 10.6 Å². The summed E-state index contributed by atoms with van der Waals surface area (Å²) in [6.45, 7) is 5.71. The van der Waals surface area contributed by atoms with Gasteiger partial charge in [0.15, 0.2) is 5.78 Å². The van der Waals surface area contributed by atoms with Crippen LogP contribution in [0.3, 0.4) is 0 Å². The standard InChI is InChI=1S/C20H28FN3O2/c1-14(25)15-6-7-18(17(21)13-15)23-9-11-24(12-10-23)19(26)16-5-3-4-8-20(16,2)22/h6-7,13,16H,3-5,8-12,22H2,1-2H3. The van der Waals surface area contributed by atoms with Gasteiger partial charge in [0.2, 0.25) is 5.91 Å². The summed E-state index contributed by atoms with van der Waals surface area (Å²) in [5, 5.41) is 0. The zero-order valence-electron chi connectivity index (χ0n) is 15.6. The average Bonchev–Trinajstić information content (AvgIpc) is 2.61. The molecule has 0 aromatic heterocycles. The van der Waals surface area contributed by atoms with E-state index in [0.29, 0.717) is 37.4 Å². The number of carbonyl (C=O) groups excluding carboxylic acids is 2. The highest BCUT2D eigenvalue weighted by Gasteiger charge is 2.40. The average molecular weight is 361 g/mol. The fourth-order valence-electron chi connectivity index (χ4n) is 4.13. The number of ketones is 1. The second-order valence-electron chi connectivity index (χ2n) is 7.84. The van der Waals surface area contributed by atoms with E-state index in [-0.39, 0.29) is 23.4 Å². The lowest BCUT2D eigenvalue weighted by Gasteiger charge is -2.43. The lowest BCUT2D eigenvalue weighted by Crippen LogP contribution is -2.57. The molecule has 1 aromatic rings. The van der Waals surface area contributed by atoms with E-state index in [1.807, 2.05) is 16.7 Å². The normalized spacial score (nSPS) is 26.7. The van der Waals surface area contributed by atoms with Crippen LogP contribution in [-0.4, -0.2) is 48.3 Å². The van der Waals surface area contributed by atoms with E-state index in [1.165, 1.54) is 13.0 Å². The number of amides is 1. The molecule has 1 aliphatic carbocycles. The highest BCUT2D eigenvalue weighted by Crippen LogP contribution is 2.33. The first kappa shape index (κ1) is 18.8. The van der Waals surface area contributed by atoms with Gasteiger partial charge in [-0.3, -0.25) is 9.59 Å². The molecular weight excluding hydrogens is 333 g/mol. The van der Waals surface area contributed by atoms with E-state index < -0.39 is 5.54 Å². The molecule has 0 spiro atoms. The Kier molecular flexibility index (Phi) is 5.32. The maximum Gasteiger partial charge on any atom is 0.227 e. The van der Waals surface area contributed by atoms with Gasteiger partial charge in [-0.15, -0.1) is 0 Å². The summed E-state index contributed by atoms with van der Waals surface area (Å²) in [6.07, 6.45) is 3.88. The molecule has 6 heteroatoms. The summed E-state index contributed by atoms with van der Waals surface area (Å²) in [7, 11) is 0. The van der Waals surface area contributed by atoms with Crippen molar-refractivity contribution in [2.75, 3.05) is 31.1 Å². The molecule has 3 rings (SSSR count). The van der Waals surface area contributed by atoms with Crippen LogP contribution in [0.15, 0.2) is 18.2 Å². The van der Waals surface area contributed by atoms with Crippen LogP contribution in [-0.2, 0) is 4.79 Å². The first-order valence-electron chi connectivity index (χ1n) is 9.43. The van der Waals surface area contributed by atoms with Gasteiger partial charge in [-0.25, -0.2) is 4.39 Å². The SMILES string of the molecule is CC(=O)c1ccc(N2CCN(C(=O)C3CCCCC3(C)N)CC2)c(F)c1. The number of benzene rings is 1. The molecule has 2 N–H and O–H groups in total. The maximum atomic E-state index is 14.4. The molecule has 5 nitrogen and oxygen atoms in total. The molecule has 26 heavy (non-hydrogen) atoms. The highest BCUT2D eigenvalue weighted by atomic mass is 19.1. The van der Waals surface area contributed by atoms with Crippen LogP contribution in [0.5, 0.6) is 0 Å². The van der Waals surface area contributed by atoms with Gasteiger partial charge in [-0.05, 0) is 44.9 Å². The van der Waals surface area contributed by atoms with Crippen LogP contribution in [0.2, 0.25) is 0 Å². The number of hydrogen-bond acceptors (Lipinski definition) is 4. The van der Waals surface area contributed by atoms with Crippen molar-refractivity contribution >= 4 is 17.4 Å². The van der Waals surface area contributed by atoms with Gasteiger partial charge < -0.3 is 15.5 Å². The van der Waals surface area contributed by atoms with Gasteiger partial charge in [0.1, 0.15) is 5.82 Å². The number of nitrogens with two attached hydrogens (primary N) is 1. The zero-order chi connectivity index (χ0) is 18.9. The fourth-order valence-corrected chi connectivity index (χ4v) is 4.13. The van der Waals surface area contributed by atoms with E-state index in [4.69, 9.17) is 5.73 Å². The molecule has 1 aromatic carbocycles. The van der Waals surface area contributed by atoms with Crippen LogP contribution >= 0.6 is 0 Å².